The van der Waals surface area contributed by atoms with E-state index in [0.29, 0.717) is 16.9 Å². The summed E-state index contributed by atoms with van der Waals surface area (Å²) >= 11 is 5.73. The third-order valence-electron chi connectivity index (χ3n) is 3.60. The van der Waals surface area contributed by atoms with Gasteiger partial charge in [0.05, 0.1) is 24.6 Å². The molecule has 132 valence electrons. The van der Waals surface area contributed by atoms with Crippen molar-refractivity contribution in [3.63, 3.8) is 0 Å². The minimum Gasteiger partial charge on any atom is -0.480 e. The third-order valence-corrected chi connectivity index (χ3v) is 3.79. The van der Waals surface area contributed by atoms with Crippen LogP contribution in [0.15, 0.2) is 48.9 Å². The van der Waals surface area contributed by atoms with Crippen LogP contribution >= 0.6 is 11.6 Å². The highest BCUT2D eigenvalue weighted by atomic mass is 35.5. The SMILES string of the molecule is COc1nc(Cl)ncc1C(=O)Cc1ccncc1Nc1ccc(F)cc1. The molecule has 0 aliphatic heterocycles. The topological polar surface area (TPSA) is 77.0 Å². The second kappa shape index (κ2) is 7.88. The van der Waals surface area contributed by atoms with Crippen molar-refractivity contribution < 1.29 is 13.9 Å². The number of carbonyl (C=O) groups is 1. The molecule has 2 heterocycles. The Balaban J connectivity index is 1.84. The summed E-state index contributed by atoms with van der Waals surface area (Å²) < 4.78 is 18.1. The first-order valence-corrected chi connectivity index (χ1v) is 8.00. The van der Waals surface area contributed by atoms with Gasteiger partial charge in [0.25, 0.3) is 0 Å². The van der Waals surface area contributed by atoms with Gasteiger partial charge in [0.2, 0.25) is 11.2 Å². The van der Waals surface area contributed by atoms with Gasteiger partial charge >= 0.3 is 0 Å². The molecule has 0 aliphatic rings. The quantitative estimate of drug-likeness (QED) is 0.523. The number of nitrogens with zero attached hydrogens (tertiary/aromatic N) is 3. The fraction of sp³-hybridized carbons (Fsp3) is 0.111. The van der Waals surface area contributed by atoms with Gasteiger partial charge in [-0.15, -0.1) is 0 Å². The summed E-state index contributed by atoms with van der Waals surface area (Å²) in [6.45, 7) is 0. The van der Waals surface area contributed by atoms with Crippen LogP contribution < -0.4 is 10.1 Å². The summed E-state index contributed by atoms with van der Waals surface area (Å²) in [5.41, 5.74) is 2.27. The average Bonchev–Trinajstić information content (AvgIpc) is 2.65. The van der Waals surface area contributed by atoms with Gasteiger partial charge in [-0.3, -0.25) is 9.78 Å². The van der Waals surface area contributed by atoms with E-state index in [1.807, 2.05) is 0 Å². The number of pyridine rings is 1. The molecule has 3 aromatic rings. The van der Waals surface area contributed by atoms with Gasteiger partial charge in [-0.05, 0) is 47.5 Å². The molecule has 3 rings (SSSR count). The predicted molar refractivity (Wildman–Crippen MR) is 95.5 cm³/mol. The van der Waals surface area contributed by atoms with Gasteiger partial charge in [0, 0.05) is 24.5 Å². The highest BCUT2D eigenvalue weighted by Crippen LogP contribution is 2.24. The number of Topliss-reactive ketones (excluding diaryl/α,β-unsaturated/α-hetero) is 1. The number of anilines is 2. The molecule has 0 atom stereocenters. The number of nitrogens with one attached hydrogen (secondary N) is 1. The average molecular weight is 373 g/mol. The molecule has 1 N–H and O–H groups in total. The first-order chi connectivity index (χ1) is 12.6. The molecule has 1 aromatic carbocycles. The van der Waals surface area contributed by atoms with Crippen molar-refractivity contribution in [3.05, 3.63) is 71.2 Å². The molecule has 8 heteroatoms. The molecule has 0 spiro atoms. The number of rotatable bonds is 6. The summed E-state index contributed by atoms with van der Waals surface area (Å²) in [6.07, 6.45) is 4.60. The molecule has 0 saturated carbocycles. The molecule has 0 bridgehead atoms. The minimum atomic E-state index is -0.327. The molecule has 26 heavy (non-hydrogen) atoms. The van der Waals surface area contributed by atoms with Gasteiger partial charge in [-0.2, -0.15) is 4.98 Å². The van der Waals surface area contributed by atoms with Crippen LogP contribution in [0, 0.1) is 5.82 Å². The summed E-state index contributed by atoms with van der Waals surface area (Å²) in [7, 11) is 1.41. The van der Waals surface area contributed by atoms with E-state index in [9.17, 15) is 9.18 Å². The fourth-order valence-electron chi connectivity index (χ4n) is 2.34. The van der Waals surface area contributed by atoms with Crippen molar-refractivity contribution >= 4 is 28.8 Å². The smallest absolute Gasteiger partial charge is 0.228 e. The lowest BCUT2D eigenvalue weighted by atomic mass is 10.0. The van der Waals surface area contributed by atoms with Crippen LogP contribution in [0.25, 0.3) is 0 Å². The number of benzene rings is 1. The van der Waals surface area contributed by atoms with Crippen LogP contribution in [-0.4, -0.2) is 27.8 Å². The Morgan fingerprint density at radius 2 is 2.00 bits per heavy atom. The molecule has 0 radical (unpaired) electrons. The van der Waals surface area contributed by atoms with Gasteiger partial charge < -0.3 is 10.1 Å². The number of carbonyl (C=O) groups excluding carboxylic acids is 1. The van der Waals surface area contributed by atoms with Crippen LogP contribution in [0.1, 0.15) is 15.9 Å². The second-order valence-corrected chi connectivity index (χ2v) is 5.66. The first-order valence-electron chi connectivity index (χ1n) is 7.62. The van der Waals surface area contributed by atoms with E-state index in [-0.39, 0.29) is 34.7 Å². The number of hydrogen-bond donors (Lipinski definition) is 1. The standard InChI is InChI=1S/C18H14ClFN4O2/c1-26-17-14(9-22-18(19)24-17)16(25)8-11-6-7-21-10-15(11)23-13-4-2-12(20)3-5-13/h2-7,9-10,23H,8H2,1H3. The lowest BCUT2D eigenvalue weighted by Gasteiger charge is -2.12. The lowest BCUT2D eigenvalue weighted by Crippen LogP contribution is -2.09. The van der Waals surface area contributed by atoms with Crippen LogP contribution in [-0.2, 0) is 6.42 Å². The first kappa shape index (κ1) is 17.8. The van der Waals surface area contributed by atoms with E-state index in [1.54, 1.807) is 30.6 Å². The number of ether oxygens (including phenoxy) is 1. The Bertz CT molecular complexity index is 935. The predicted octanol–water partition coefficient (Wildman–Crippen LogP) is 3.84. The summed E-state index contributed by atoms with van der Waals surface area (Å²) in [6, 6.07) is 7.62. The van der Waals surface area contributed by atoms with Crippen molar-refractivity contribution in [2.24, 2.45) is 0 Å². The van der Waals surface area contributed by atoms with Crippen molar-refractivity contribution in [1.29, 1.82) is 0 Å². The van der Waals surface area contributed by atoms with Crippen LogP contribution in [0.4, 0.5) is 15.8 Å². The van der Waals surface area contributed by atoms with Crippen LogP contribution in [0.5, 0.6) is 5.88 Å². The molecule has 0 amide bonds. The zero-order valence-electron chi connectivity index (χ0n) is 13.7. The zero-order chi connectivity index (χ0) is 18.5. The van der Waals surface area contributed by atoms with E-state index < -0.39 is 0 Å². The normalized spacial score (nSPS) is 10.4. The highest BCUT2D eigenvalue weighted by molar-refractivity contribution is 6.28. The van der Waals surface area contributed by atoms with Crippen LogP contribution in [0.2, 0.25) is 5.28 Å². The number of methoxy groups -OCH3 is 1. The summed E-state index contributed by atoms with van der Waals surface area (Å²) in [4.78, 5) is 24.5. The van der Waals surface area contributed by atoms with Gasteiger partial charge in [0.15, 0.2) is 5.78 Å². The lowest BCUT2D eigenvalue weighted by molar-refractivity contribution is 0.0989. The van der Waals surface area contributed by atoms with E-state index in [4.69, 9.17) is 16.3 Å². The molecule has 2 aromatic heterocycles. The van der Waals surface area contributed by atoms with Gasteiger partial charge in [-0.1, -0.05) is 0 Å². The van der Waals surface area contributed by atoms with Gasteiger partial charge in [0.1, 0.15) is 5.82 Å². The Morgan fingerprint density at radius 3 is 2.73 bits per heavy atom. The van der Waals surface area contributed by atoms with E-state index in [1.165, 1.54) is 25.4 Å². The van der Waals surface area contributed by atoms with E-state index in [0.717, 1.165) is 0 Å². The third kappa shape index (κ3) is 4.12. The molecule has 0 aliphatic carbocycles. The Hall–Kier alpha value is -3.06. The Labute approximate surface area is 154 Å². The highest BCUT2D eigenvalue weighted by Gasteiger charge is 2.17. The molecule has 0 saturated heterocycles. The molecular formula is C18H14ClFN4O2. The summed E-state index contributed by atoms with van der Waals surface area (Å²) in [5, 5.41) is 3.13. The number of hydrogen-bond acceptors (Lipinski definition) is 6. The summed E-state index contributed by atoms with van der Waals surface area (Å²) in [5.74, 6) is -0.434. The maximum Gasteiger partial charge on any atom is 0.228 e. The maximum absolute atomic E-state index is 13.0. The fourth-order valence-corrected chi connectivity index (χ4v) is 2.47. The zero-order valence-corrected chi connectivity index (χ0v) is 14.5. The van der Waals surface area contributed by atoms with Crippen molar-refractivity contribution in [1.82, 2.24) is 15.0 Å². The Morgan fingerprint density at radius 1 is 1.23 bits per heavy atom. The monoisotopic (exact) mass is 372 g/mol. The van der Waals surface area contributed by atoms with Crippen LogP contribution in [0.3, 0.4) is 0 Å². The number of aromatic nitrogens is 3. The van der Waals surface area contributed by atoms with Crippen molar-refractivity contribution in [2.45, 2.75) is 6.42 Å². The molecular weight excluding hydrogens is 359 g/mol. The second-order valence-electron chi connectivity index (χ2n) is 5.33. The van der Waals surface area contributed by atoms with Crippen molar-refractivity contribution in [2.75, 3.05) is 12.4 Å². The number of ketones is 1. The molecule has 6 nitrogen and oxygen atoms in total. The van der Waals surface area contributed by atoms with E-state index in [2.05, 4.69) is 20.3 Å². The maximum atomic E-state index is 13.0. The largest absolute Gasteiger partial charge is 0.480 e. The Kier molecular flexibility index (Phi) is 5.38. The molecule has 0 unspecified atom stereocenters. The van der Waals surface area contributed by atoms with E-state index >= 15 is 0 Å². The van der Waals surface area contributed by atoms with Gasteiger partial charge in [-0.25, -0.2) is 9.37 Å². The number of halogens is 2. The van der Waals surface area contributed by atoms with Crippen molar-refractivity contribution in [3.8, 4) is 5.88 Å². The minimum absolute atomic E-state index is 0.000904. The molecule has 0 fully saturated rings.